The summed E-state index contributed by atoms with van der Waals surface area (Å²) in [5, 5.41) is 7.79. The van der Waals surface area contributed by atoms with Crippen LogP contribution in [0.15, 0.2) is 6.20 Å². The van der Waals surface area contributed by atoms with Crippen molar-refractivity contribution in [3.63, 3.8) is 0 Å². The van der Waals surface area contributed by atoms with Crippen LogP contribution in [0.4, 0.5) is 0 Å². The monoisotopic (exact) mass is 181 g/mol. The van der Waals surface area contributed by atoms with Crippen molar-refractivity contribution in [3.05, 3.63) is 17.5 Å². The molecule has 0 saturated carbocycles. The Hall–Kier alpha value is -0.830. The van der Waals surface area contributed by atoms with Crippen molar-refractivity contribution in [2.45, 2.75) is 33.2 Å². The van der Waals surface area contributed by atoms with Crippen LogP contribution in [-0.4, -0.2) is 16.3 Å². The Kier molecular flexibility index (Phi) is 3.48. The lowest BCUT2D eigenvalue weighted by Gasteiger charge is -2.14. The number of nitrogens with zero attached hydrogens (tertiary/aromatic N) is 2. The van der Waals surface area contributed by atoms with E-state index in [0.29, 0.717) is 6.04 Å². The summed E-state index contributed by atoms with van der Waals surface area (Å²) in [5.74, 6) is 0. The van der Waals surface area contributed by atoms with E-state index in [-0.39, 0.29) is 0 Å². The number of aromatic nitrogens is 2. The summed E-state index contributed by atoms with van der Waals surface area (Å²) in [6, 6.07) is 0.457. The molecule has 0 fully saturated rings. The van der Waals surface area contributed by atoms with Crippen molar-refractivity contribution in [2.75, 3.05) is 6.54 Å². The Labute approximate surface area is 80.1 Å². The minimum Gasteiger partial charge on any atom is -0.310 e. The predicted molar refractivity (Wildman–Crippen MR) is 54.7 cm³/mol. The van der Waals surface area contributed by atoms with E-state index in [0.717, 1.165) is 18.7 Å². The summed E-state index contributed by atoms with van der Waals surface area (Å²) in [6.45, 7) is 7.40. The third-order valence-corrected chi connectivity index (χ3v) is 2.29. The Balaban J connectivity index is 2.83. The molecule has 0 saturated heterocycles. The zero-order valence-corrected chi connectivity index (χ0v) is 8.96. The lowest BCUT2D eigenvalue weighted by atomic mass is 10.1. The van der Waals surface area contributed by atoms with E-state index in [9.17, 15) is 0 Å². The Morgan fingerprint density at radius 3 is 2.62 bits per heavy atom. The summed E-state index contributed by atoms with van der Waals surface area (Å²) in [7, 11) is 1.97. The van der Waals surface area contributed by atoms with Crippen molar-refractivity contribution in [1.82, 2.24) is 15.1 Å². The van der Waals surface area contributed by atoms with Gasteiger partial charge in [0.05, 0.1) is 5.69 Å². The molecule has 3 nitrogen and oxygen atoms in total. The average molecular weight is 181 g/mol. The molecule has 0 aliphatic heterocycles. The molecule has 0 aliphatic carbocycles. The molecule has 1 N–H and O–H groups in total. The number of rotatable bonds is 4. The van der Waals surface area contributed by atoms with Gasteiger partial charge in [-0.1, -0.05) is 13.8 Å². The first-order valence-corrected chi connectivity index (χ1v) is 4.92. The van der Waals surface area contributed by atoms with Gasteiger partial charge < -0.3 is 5.32 Å². The zero-order chi connectivity index (χ0) is 9.84. The van der Waals surface area contributed by atoms with Crippen molar-refractivity contribution in [2.24, 2.45) is 7.05 Å². The maximum atomic E-state index is 4.34. The first-order valence-electron chi connectivity index (χ1n) is 4.92. The van der Waals surface area contributed by atoms with Crippen molar-refractivity contribution in [3.8, 4) is 0 Å². The highest BCUT2D eigenvalue weighted by atomic mass is 15.3. The summed E-state index contributed by atoms with van der Waals surface area (Å²) < 4.78 is 1.88. The van der Waals surface area contributed by atoms with Crippen molar-refractivity contribution >= 4 is 0 Å². The van der Waals surface area contributed by atoms with Gasteiger partial charge in [-0.3, -0.25) is 4.68 Å². The maximum absolute atomic E-state index is 4.34. The molecule has 0 aliphatic rings. The number of nitrogens with one attached hydrogen (secondary N) is 1. The molecule has 0 amide bonds. The molecule has 0 bridgehead atoms. The topological polar surface area (TPSA) is 29.9 Å². The van der Waals surface area contributed by atoms with E-state index >= 15 is 0 Å². The molecule has 1 aromatic rings. The molecule has 1 aromatic heterocycles. The predicted octanol–water partition coefficient (Wildman–Crippen LogP) is 1.79. The van der Waals surface area contributed by atoms with Crippen LogP contribution in [-0.2, 0) is 7.05 Å². The first-order chi connectivity index (χ1) is 6.19. The molecule has 74 valence electrons. The fraction of sp³-hybridized carbons (Fsp3) is 0.700. The first kappa shape index (κ1) is 10.3. The van der Waals surface area contributed by atoms with Crippen LogP contribution in [0.1, 0.15) is 37.6 Å². The quantitative estimate of drug-likeness (QED) is 0.767. The Morgan fingerprint density at radius 1 is 1.54 bits per heavy atom. The van der Waals surface area contributed by atoms with E-state index in [2.05, 4.69) is 37.4 Å². The van der Waals surface area contributed by atoms with Crippen LogP contribution in [0, 0.1) is 6.92 Å². The van der Waals surface area contributed by atoms with E-state index < -0.39 is 0 Å². The minimum atomic E-state index is 0.457. The third kappa shape index (κ3) is 2.31. The molecule has 0 spiro atoms. The van der Waals surface area contributed by atoms with Crippen molar-refractivity contribution in [1.29, 1.82) is 0 Å². The molecule has 0 aromatic carbocycles. The minimum absolute atomic E-state index is 0.457. The van der Waals surface area contributed by atoms with Gasteiger partial charge in [-0.15, -0.1) is 0 Å². The maximum Gasteiger partial charge on any atom is 0.0641 e. The second kappa shape index (κ2) is 4.42. The second-order valence-corrected chi connectivity index (χ2v) is 3.36. The largest absolute Gasteiger partial charge is 0.310 e. The molecule has 13 heavy (non-hydrogen) atoms. The molecular formula is C10H19N3. The third-order valence-electron chi connectivity index (χ3n) is 2.29. The van der Waals surface area contributed by atoms with E-state index in [1.165, 1.54) is 5.56 Å². The fourth-order valence-corrected chi connectivity index (χ4v) is 1.68. The van der Waals surface area contributed by atoms with Gasteiger partial charge in [-0.25, -0.2) is 0 Å². The highest BCUT2D eigenvalue weighted by molar-refractivity contribution is 5.19. The van der Waals surface area contributed by atoms with Gasteiger partial charge in [0.2, 0.25) is 0 Å². The lowest BCUT2D eigenvalue weighted by molar-refractivity contribution is 0.535. The average Bonchev–Trinajstić information content (AvgIpc) is 2.41. The standard InChI is InChI=1S/C10H19N3/c1-5-10(11-6-2)9-7-13(4)12-8(9)3/h7,10-11H,5-6H2,1-4H3. The van der Waals surface area contributed by atoms with Crippen LogP contribution in [0.2, 0.25) is 0 Å². The van der Waals surface area contributed by atoms with Crippen LogP contribution >= 0.6 is 0 Å². The number of hydrogen-bond acceptors (Lipinski definition) is 2. The zero-order valence-electron chi connectivity index (χ0n) is 8.96. The molecule has 3 heteroatoms. The molecule has 1 rings (SSSR count). The number of aryl methyl sites for hydroxylation is 2. The summed E-state index contributed by atoms with van der Waals surface area (Å²) in [6.07, 6.45) is 3.21. The van der Waals surface area contributed by atoms with E-state index in [1.54, 1.807) is 0 Å². The van der Waals surface area contributed by atoms with Crippen LogP contribution in [0.5, 0.6) is 0 Å². The summed E-state index contributed by atoms with van der Waals surface area (Å²) >= 11 is 0. The SMILES string of the molecule is CCNC(CC)c1cn(C)nc1C. The highest BCUT2D eigenvalue weighted by Crippen LogP contribution is 2.18. The molecule has 1 heterocycles. The van der Waals surface area contributed by atoms with Gasteiger partial charge in [0, 0.05) is 24.8 Å². The van der Waals surface area contributed by atoms with Gasteiger partial charge in [0.15, 0.2) is 0 Å². The highest BCUT2D eigenvalue weighted by Gasteiger charge is 2.12. The van der Waals surface area contributed by atoms with Gasteiger partial charge in [0.1, 0.15) is 0 Å². The number of hydrogen-bond donors (Lipinski definition) is 1. The summed E-state index contributed by atoms with van der Waals surface area (Å²) in [5.41, 5.74) is 2.46. The smallest absolute Gasteiger partial charge is 0.0641 e. The van der Waals surface area contributed by atoms with Gasteiger partial charge in [-0.2, -0.15) is 5.10 Å². The molecule has 1 atom stereocenters. The van der Waals surface area contributed by atoms with E-state index in [1.807, 2.05) is 11.7 Å². The fourth-order valence-electron chi connectivity index (χ4n) is 1.68. The second-order valence-electron chi connectivity index (χ2n) is 3.36. The molecular weight excluding hydrogens is 162 g/mol. The Morgan fingerprint density at radius 2 is 2.23 bits per heavy atom. The van der Waals surface area contributed by atoms with Crippen LogP contribution < -0.4 is 5.32 Å². The van der Waals surface area contributed by atoms with E-state index in [4.69, 9.17) is 0 Å². The Bertz CT molecular complexity index is 265. The van der Waals surface area contributed by atoms with Crippen LogP contribution in [0.3, 0.4) is 0 Å². The van der Waals surface area contributed by atoms with Crippen molar-refractivity contribution < 1.29 is 0 Å². The van der Waals surface area contributed by atoms with Gasteiger partial charge >= 0.3 is 0 Å². The normalized spacial score (nSPS) is 13.2. The lowest BCUT2D eigenvalue weighted by Crippen LogP contribution is -2.20. The molecule has 0 radical (unpaired) electrons. The molecule has 1 unspecified atom stereocenters. The van der Waals surface area contributed by atoms with Gasteiger partial charge in [0.25, 0.3) is 0 Å². The van der Waals surface area contributed by atoms with Gasteiger partial charge in [-0.05, 0) is 19.9 Å². The van der Waals surface area contributed by atoms with Crippen LogP contribution in [0.25, 0.3) is 0 Å². The summed E-state index contributed by atoms with van der Waals surface area (Å²) in [4.78, 5) is 0.